The second kappa shape index (κ2) is 2.44. The van der Waals surface area contributed by atoms with Gasteiger partial charge in [-0.2, -0.15) is 8.78 Å². The molecular formula is CH3F2NO3S. The molecule has 0 saturated carbocycles. The highest BCUT2D eigenvalue weighted by molar-refractivity contribution is 7.80. The highest BCUT2D eigenvalue weighted by Gasteiger charge is 2.37. The molecule has 0 spiro atoms. The highest BCUT2D eigenvalue weighted by atomic mass is 32.2. The SMILES string of the molecule is NOC(F)(F)S(=O)O. The molecule has 0 bridgehead atoms. The predicted molar refractivity (Wildman–Crippen MR) is 21.0 cm³/mol. The van der Waals surface area contributed by atoms with Gasteiger partial charge in [0.05, 0.1) is 0 Å². The van der Waals surface area contributed by atoms with Gasteiger partial charge in [-0.3, -0.25) is 4.55 Å². The molecule has 50 valence electrons. The third-order valence-corrected chi connectivity index (χ3v) is 0.843. The van der Waals surface area contributed by atoms with Crippen LogP contribution in [0, 0.1) is 0 Å². The molecule has 4 nitrogen and oxygen atoms in total. The molecule has 0 saturated heterocycles. The van der Waals surface area contributed by atoms with Crippen LogP contribution in [0.15, 0.2) is 0 Å². The van der Waals surface area contributed by atoms with Crippen molar-refractivity contribution in [2.45, 2.75) is 5.44 Å². The first-order valence-corrected chi connectivity index (χ1v) is 2.48. The van der Waals surface area contributed by atoms with E-state index in [4.69, 9.17) is 4.55 Å². The quantitative estimate of drug-likeness (QED) is 0.413. The van der Waals surface area contributed by atoms with Crippen molar-refractivity contribution in [3.8, 4) is 0 Å². The van der Waals surface area contributed by atoms with Crippen LogP contribution in [0.25, 0.3) is 0 Å². The lowest BCUT2D eigenvalue weighted by molar-refractivity contribution is -0.173. The number of alkyl halides is 2. The number of halogens is 2. The maximum absolute atomic E-state index is 11.4. The summed E-state index contributed by atoms with van der Waals surface area (Å²) in [6.45, 7) is 0. The van der Waals surface area contributed by atoms with Gasteiger partial charge in [-0.15, -0.1) is 0 Å². The van der Waals surface area contributed by atoms with Crippen LogP contribution in [0.3, 0.4) is 0 Å². The minimum absolute atomic E-state index is 2.82. The number of nitrogens with two attached hydrogens (primary N) is 1. The molecule has 0 fully saturated rings. The van der Waals surface area contributed by atoms with Crippen molar-refractivity contribution >= 4 is 11.1 Å². The first-order valence-electron chi connectivity index (χ1n) is 1.37. The molecule has 8 heavy (non-hydrogen) atoms. The molecule has 0 amide bonds. The van der Waals surface area contributed by atoms with Crippen molar-refractivity contribution in [2.24, 2.45) is 5.90 Å². The van der Waals surface area contributed by atoms with Gasteiger partial charge in [0.2, 0.25) is 0 Å². The van der Waals surface area contributed by atoms with Crippen molar-refractivity contribution in [3.05, 3.63) is 0 Å². The minimum Gasteiger partial charge on any atom is -0.299 e. The maximum atomic E-state index is 11.4. The van der Waals surface area contributed by atoms with Crippen molar-refractivity contribution in [1.82, 2.24) is 0 Å². The van der Waals surface area contributed by atoms with Crippen molar-refractivity contribution in [2.75, 3.05) is 0 Å². The van der Waals surface area contributed by atoms with E-state index in [9.17, 15) is 13.0 Å². The van der Waals surface area contributed by atoms with Crippen molar-refractivity contribution in [1.29, 1.82) is 0 Å². The maximum Gasteiger partial charge on any atom is 0.477 e. The van der Waals surface area contributed by atoms with Crippen LogP contribution >= 0.6 is 0 Å². The lowest BCUT2D eigenvalue weighted by Crippen LogP contribution is -2.29. The molecule has 0 aromatic rings. The fourth-order valence-electron chi connectivity index (χ4n) is 0.0412. The second-order valence-electron chi connectivity index (χ2n) is 0.830. The third-order valence-electron chi connectivity index (χ3n) is 0.340. The molecule has 0 heterocycles. The Morgan fingerprint density at radius 1 is 1.75 bits per heavy atom. The van der Waals surface area contributed by atoms with Crippen molar-refractivity contribution in [3.63, 3.8) is 0 Å². The van der Waals surface area contributed by atoms with E-state index in [0.29, 0.717) is 0 Å². The fourth-order valence-corrected chi connectivity index (χ4v) is 0.123. The molecule has 0 aliphatic rings. The molecule has 0 aliphatic heterocycles. The van der Waals surface area contributed by atoms with Gasteiger partial charge in [-0.1, -0.05) is 0 Å². The van der Waals surface area contributed by atoms with Crippen LogP contribution in [-0.2, 0) is 15.9 Å². The van der Waals surface area contributed by atoms with Crippen LogP contribution in [0.4, 0.5) is 8.78 Å². The van der Waals surface area contributed by atoms with Gasteiger partial charge in [0, 0.05) is 0 Å². The zero-order chi connectivity index (χ0) is 6.78. The Balaban J connectivity index is 3.91. The Morgan fingerprint density at radius 3 is 2.12 bits per heavy atom. The molecule has 0 aliphatic carbocycles. The molecule has 0 aromatic carbocycles. The molecule has 0 aromatic heterocycles. The van der Waals surface area contributed by atoms with Gasteiger partial charge in [-0.25, -0.2) is 14.9 Å². The molecule has 3 N–H and O–H groups in total. The smallest absolute Gasteiger partial charge is 0.299 e. The van der Waals surface area contributed by atoms with E-state index >= 15 is 0 Å². The van der Waals surface area contributed by atoms with E-state index in [2.05, 4.69) is 10.7 Å². The summed E-state index contributed by atoms with van der Waals surface area (Å²) < 4.78 is 39.8. The standard InChI is InChI=1S/CH3F2NO3S/c2-1(3,7-4)8(5)6/h4H2,(H,5,6). The summed E-state index contributed by atoms with van der Waals surface area (Å²) in [4.78, 5) is 2.82. The molecule has 0 radical (unpaired) electrons. The summed E-state index contributed by atoms with van der Waals surface area (Å²) >= 11 is -3.36. The third kappa shape index (κ3) is 1.78. The average Bonchev–Trinajstić information content (AvgIpc) is 1.67. The van der Waals surface area contributed by atoms with Crippen LogP contribution in [-0.4, -0.2) is 14.2 Å². The highest BCUT2D eigenvalue weighted by Crippen LogP contribution is 2.14. The summed E-state index contributed by atoms with van der Waals surface area (Å²) in [5, 5.41) is 0. The summed E-state index contributed by atoms with van der Waals surface area (Å²) in [7, 11) is 0. The lowest BCUT2D eigenvalue weighted by atomic mass is 11.5. The van der Waals surface area contributed by atoms with Gasteiger partial charge in [0.1, 0.15) is 0 Å². The Hall–Kier alpha value is -0.110. The monoisotopic (exact) mass is 147 g/mol. The normalized spacial score (nSPS) is 16.0. The van der Waals surface area contributed by atoms with Gasteiger partial charge in [0.15, 0.2) is 0 Å². The molecule has 7 heteroatoms. The Bertz CT molecular complexity index is 105. The van der Waals surface area contributed by atoms with Gasteiger partial charge in [-0.05, 0) is 0 Å². The minimum atomic E-state index is -4.15. The number of hydrogen-bond donors (Lipinski definition) is 2. The van der Waals surface area contributed by atoms with Crippen LogP contribution in [0.5, 0.6) is 0 Å². The zero-order valence-corrected chi connectivity index (χ0v) is 4.32. The van der Waals surface area contributed by atoms with E-state index in [0.717, 1.165) is 0 Å². The first kappa shape index (κ1) is 7.89. The van der Waals surface area contributed by atoms with E-state index in [-0.39, 0.29) is 0 Å². The Labute approximate surface area is 45.9 Å². The van der Waals surface area contributed by atoms with Gasteiger partial charge < -0.3 is 0 Å². The second-order valence-corrected chi connectivity index (χ2v) is 1.80. The average molecular weight is 147 g/mol. The lowest BCUT2D eigenvalue weighted by Gasteiger charge is -2.05. The first-order chi connectivity index (χ1) is 3.50. The topological polar surface area (TPSA) is 72.5 Å². The summed E-state index contributed by atoms with van der Waals surface area (Å²) in [5.74, 6) is 3.90. The summed E-state index contributed by atoms with van der Waals surface area (Å²) in [6, 6.07) is 0. The molecule has 1 atom stereocenters. The van der Waals surface area contributed by atoms with E-state index in [1.54, 1.807) is 0 Å². The largest absolute Gasteiger partial charge is 0.477 e. The van der Waals surface area contributed by atoms with E-state index in [1.807, 2.05) is 0 Å². The molecule has 1 unspecified atom stereocenters. The van der Waals surface area contributed by atoms with Crippen LogP contribution in [0.1, 0.15) is 0 Å². The number of hydrogen-bond acceptors (Lipinski definition) is 3. The Morgan fingerprint density at radius 2 is 2.12 bits per heavy atom. The van der Waals surface area contributed by atoms with Crippen LogP contribution in [0.2, 0.25) is 0 Å². The van der Waals surface area contributed by atoms with Crippen molar-refractivity contribution < 1.29 is 22.4 Å². The molecular weight excluding hydrogens is 144 g/mol. The molecule has 0 rings (SSSR count). The van der Waals surface area contributed by atoms with Gasteiger partial charge in [0.25, 0.3) is 11.1 Å². The number of rotatable bonds is 2. The zero-order valence-electron chi connectivity index (χ0n) is 3.51. The van der Waals surface area contributed by atoms with Crippen LogP contribution < -0.4 is 5.90 Å². The van der Waals surface area contributed by atoms with Gasteiger partial charge >= 0.3 is 5.44 Å². The predicted octanol–water partition coefficient (Wildman–Crippen LogP) is -0.351. The van der Waals surface area contributed by atoms with E-state index in [1.165, 1.54) is 0 Å². The summed E-state index contributed by atoms with van der Waals surface area (Å²) in [5.41, 5.74) is -4.15. The van der Waals surface area contributed by atoms with E-state index < -0.39 is 16.5 Å². The summed E-state index contributed by atoms with van der Waals surface area (Å²) in [6.07, 6.45) is 0. The Kier molecular flexibility index (Phi) is 2.41. The fraction of sp³-hybridized carbons (Fsp3) is 1.00.